The monoisotopic (exact) mass is 662 g/mol. The first-order valence-corrected chi connectivity index (χ1v) is 17.9. The van der Waals surface area contributed by atoms with Crippen LogP contribution in [0.25, 0.3) is 0 Å². The van der Waals surface area contributed by atoms with Crippen molar-refractivity contribution in [3.05, 3.63) is 117 Å². The van der Waals surface area contributed by atoms with Crippen LogP contribution in [-0.4, -0.2) is 53.5 Å². The summed E-state index contributed by atoms with van der Waals surface area (Å²) in [6.45, 7) is 4.27. The van der Waals surface area contributed by atoms with E-state index >= 15 is 0 Å². The SMILES string of the molecule is O=C(O)c1ccc(CCc2ccc(NC(=O)c3c(NC(=O)c4cccc(CNC5CN6CCC5CC6)c4)sc4c3CCCC4)cc2)cc1. The molecule has 3 aromatic carbocycles. The predicted molar refractivity (Wildman–Crippen MR) is 190 cm³/mol. The van der Waals surface area contributed by atoms with Crippen molar-refractivity contribution >= 4 is 39.8 Å². The number of nitrogens with one attached hydrogen (secondary N) is 3. The van der Waals surface area contributed by atoms with Gasteiger partial charge in [-0.2, -0.15) is 0 Å². The molecule has 0 spiro atoms. The number of carboxylic acids is 1. The Balaban J connectivity index is 0.998. The number of hydrogen-bond donors (Lipinski definition) is 4. The van der Waals surface area contributed by atoms with Gasteiger partial charge in [0.2, 0.25) is 0 Å². The van der Waals surface area contributed by atoms with E-state index in [4.69, 9.17) is 5.11 Å². The first-order valence-electron chi connectivity index (χ1n) is 17.1. The number of benzene rings is 3. The quantitative estimate of drug-likeness (QED) is 0.141. The fourth-order valence-corrected chi connectivity index (χ4v) is 8.67. The van der Waals surface area contributed by atoms with Crippen LogP contribution in [0.3, 0.4) is 0 Å². The van der Waals surface area contributed by atoms with E-state index < -0.39 is 5.97 Å². The third kappa shape index (κ3) is 7.38. The average Bonchev–Trinajstić information content (AvgIpc) is 3.49. The van der Waals surface area contributed by atoms with Gasteiger partial charge in [-0.1, -0.05) is 36.4 Å². The first-order chi connectivity index (χ1) is 23.4. The summed E-state index contributed by atoms with van der Waals surface area (Å²) in [7, 11) is 0. The largest absolute Gasteiger partial charge is 0.478 e. The van der Waals surface area contributed by atoms with Gasteiger partial charge in [-0.25, -0.2) is 4.79 Å². The summed E-state index contributed by atoms with van der Waals surface area (Å²) in [6, 6.07) is 23.1. The fourth-order valence-electron chi connectivity index (χ4n) is 7.39. The Bertz CT molecular complexity index is 1790. The molecule has 2 bridgehead atoms. The van der Waals surface area contributed by atoms with Gasteiger partial charge in [0.05, 0.1) is 11.1 Å². The lowest BCUT2D eigenvalue weighted by Crippen LogP contribution is -2.55. The van der Waals surface area contributed by atoms with E-state index in [1.807, 2.05) is 54.6 Å². The second-order valence-electron chi connectivity index (χ2n) is 13.3. The van der Waals surface area contributed by atoms with Crippen LogP contribution in [0.4, 0.5) is 10.7 Å². The summed E-state index contributed by atoms with van der Waals surface area (Å²) >= 11 is 1.53. The molecule has 4 N–H and O–H groups in total. The van der Waals surface area contributed by atoms with Crippen molar-refractivity contribution < 1.29 is 19.5 Å². The van der Waals surface area contributed by atoms with Crippen molar-refractivity contribution in [3.8, 4) is 0 Å². The molecule has 3 fully saturated rings. The summed E-state index contributed by atoms with van der Waals surface area (Å²) in [6.07, 6.45) is 7.98. The lowest BCUT2D eigenvalue weighted by Gasteiger charge is -2.45. The molecule has 4 heterocycles. The highest BCUT2D eigenvalue weighted by atomic mass is 32.1. The normalized spacial score (nSPS) is 19.8. The predicted octanol–water partition coefficient (Wildman–Crippen LogP) is 6.80. The van der Waals surface area contributed by atoms with E-state index in [1.54, 1.807) is 12.1 Å². The number of anilines is 2. The number of aryl methyl sites for hydroxylation is 3. The molecule has 3 aliphatic heterocycles. The molecule has 8 nitrogen and oxygen atoms in total. The van der Waals surface area contributed by atoms with E-state index in [9.17, 15) is 14.4 Å². The molecule has 0 saturated carbocycles. The van der Waals surface area contributed by atoms with Crippen LogP contribution < -0.4 is 16.0 Å². The molecule has 0 radical (unpaired) electrons. The number of aromatic carboxylic acids is 1. The molecule has 3 saturated heterocycles. The van der Waals surface area contributed by atoms with E-state index in [1.165, 1.54) is 42.1 Å². The van der Waals surface area contributed by atoms with Crippen LogP contribution >= 0.6 is 11.3 Å². The topological polar surface area (TPSA) is 111 Å². The number of hydrogen-bond acceptors (Lipinski definition) is 6. The highest BCUT2D eigenvalue weighted by Crippen LogP contribution is 2.39. The van der Waals surface area contributed by atoms with Gasteiger partial charge in [-0.3, -0.25) is 9.59 Å². The van der Waals surface area contributed by atoms with Crippen LogP contribution in [0.15, 0.2) is 72.8 Å². The number of thiophene rings is 1. The lowest BCUT2D eigenvalue weighted by atomic mass is 9.84. The molecule has 1 unspecified atom stereocenters. The minimum atomic E-state index is -0.926. The molecular formula is C39H42N4O4S. The summed E-state index contributed by atoms with van der Waals surface area (Å²) in [5.41, 5.74) is 6.49. The average molecular weight is 663 g/mol. The van der Waals surface area contributed by atoms with Crippen molar-refractivity contribution in [1.29, 1.82) is 0 Å². The summed E-state index contributed by atoms with van der Waals surface area (Å²) in [4.78, 5) is 42.2. The number of fused-ring (bicyclic) bond motifs is 4. The third-order valence-corrected chi connectivity index (χ3v) is 11.4. The standard InChI is InChI=1S/C39H42N4O4S/c44-36(30-5-3-4-27(22-30)23-40-33-24-43-20-18-28(33)19-21-43)42-38-35(32-6-1-2-7-34(32)48-38)37(45)41-31-16-12-26(13-17-31)9-8-25-10-14-29(15-11-25)39(46)47/h3-5,10-17,22,28,33,40H,1-2,6-9,18-21,23-24H2,(H,41,45)(H,42,44)(H,46,47). The minimum Gasteiger partial charge on any atom is -0.478 e. The summed E-state index contributed by atoms with van der Waals surface area (Å²) in [5, 5.41) is 19.7. The zero-order valence-electron chi connectivity index (χ0n) is 27.1. The molecule has 48 heavy (non-hydrogen) atoms. The minimum absolute atomic E-state index is 0.200. The molecular weight excluding hydrogens is 621 g/mol. The van der Waals surface area contributed by atoms with Crippen LogP contribution in [0.1, 0.15) is 83.9 Å². The Kier molecular flexibility index (Phi) is 9.70. The Morgan fingerprint density at radius 1 is 0.792 bits per heavy atom. The fraction of sp³-hybridized carbons (Fsp3) is 0.359. The molecule has 1 aliphatic carbocycles. The molecule has 1 atom stereocenters. The number of carbonyl (C=O) groups excluding carboxylic acids is 2. The Morgan fingerprint density at radius 2 is 1.50 bits per heavy atom. The van der Waals surface area contributed by atoms with Crippen LogP contribution in [0, 0.1) is 5.92 Å². The molecule has 4 aromatic rings. The maximum Gasteiger partial charge on any atom is 0.335 e. The zero-order chi connectivity index (χ0) is 33.0. The second kappa shape index (κ2) is 14.4. The maximum absolute atomic E-state index is 13.8. The number of carboxylic acid groups (broad SMARTS) is 1. The van der Waals surface area contributed by atoms with Gasteiger partial charge in [0.1, 0.15) is 5.00 Å². The first kappa shape index (κ1) is 32.2. The molecule has 2 amide bonds. The highest BCUT2D eigenvalue weighted by molar-refractivity contribution is 7.17. The van der Waals surface area contributed by atoms with E-state index in [0.29, 0.717) is 27.9 Å². The molecule has 4 aliphatic rings. The van der Waals surface area contributed by atoms with Gasteiger partial charge >= 0.3 is 5.97 Å². The molecule has 8 rings (SSSR count). The van der Waals surface area contributed by atoms with Gasteiger partial charge in [-0.05, 0) is 129 Å². The Labute approximate surface area is 285 Å². The van der Waals surface area contributed by atoms with Gasteiger partial charge in [0.25, 0.3) is 11.8 Å². The van der Waals surface area contributed by atoms with Crippen molar-refractivity contribution in [2.75, 3.05) is 30.3 Å². The Hall–Kier alpha value is -4.31. The van der Waals surface area contributed by atoms with Crippen molar-refractivity contribution in [2.24, 2.45) is 5.92 Å². The molecule has 9 heteroatoms. The lowest BCUT2D eigenvalue weighted by molar-refractivity contribution is 0.0696. The zero-order valence-corrected chi connectivity index (χ0v) is 27.9. The van der Waals surface area contributed by atoms with E-state index in [2.05, 4.69) is 26.9 Å². The Morgan fingerprint density at radius 3 is 2.19 bits per heavy atom. The number of carbonyl (C=O) groups is 3. The van der Waals surface area contributed by atoms with Crippen molar-refractivity contribution in [3.63, 3.8) is 0 Å². The van der Waals surface area contributed by atoms with Crippen LogP contribution in [0.2, 0.25) is 0 Å². The van der Waals surface area contributed by atoms with Crippen LogP contribution in [0.5, 0.6) is 0 Å². The van der Waals surface area contributed by atoms with Crippen molar-refractivity contribution in [1.82, 2.24) is 10.2 Å². The smallest absolute Gasteiger partial charge is 0.335 e. The number of piperidine rings is 3. The molecule has 1 aromatic heterocycles. The molecule has 248 valence electrons. The van der Waals surface area contributed by atoms with Gasteiger partial charge in [0.15, 0.2) is 0 Å². The van der Waals surface area contributed by atoms with Crippen molar-refractivity contribution in [2.45, 2.75) is 64.0 Å². The third-order valence-electron chi connectivity index (χ3n) is 10.2. The van der Waals surface area contributed by atoms with Gasteiger partial charge < -0.3 is 26.0 Å². The van der Waals surface area contributed by atoms with Gasteiger partial charge in [0, 0.05) is 35.3 Å². The van der Waals surface area contributed by atoms with E-state index in [-0.39, 0.29) is 17.4 Å². The van der Waals surface area contributed by atoms with Crippen LogP contribution in [-0.2, 0) is 32.2 Å². The number of rotatable bonds is 11. The summed E-state index contributed by atoms with van der Waals surface area (Å²) in [5.74, 6) is -0.587. The number of amides is 2. The maximum atomic E-state index is 13.8. The number of nitrogens with zero attached hydrogens (tertiary/aromatic N) is 1. The summed E-state index contributed by atoms with van der Waals surface area (Å²) < 4.78 is 0. The second-order valence-corrected chi connectivity index (χ2v) is 14.5. The highest BCUT2D eigenvalue weighted by Gasteiger charge is 2.33. The van der Waals surface area contributed by atoms with Gasteiger partial charge in [-0.15, -0.1) is 11.3 Å². The van der Waals surface area contributed by atoms with E-state index in [0.717, 1.165) is 79.8 Å².